The molecule has 3 nitrogen and oxygen atoms in total. The molecule has 0 saturated carbocycles. The van der Waals surface area contributed by atoms with Gasteiger partial charge in [-0.3, -0.25) is 9.69 Å². The van der Waals surface area contributed by atoms with Gasteiger partial charge in [0, 0.05) is 22.6 Å². The van der Waals surface area contributed by atoms with Gasteiger partial charge in [-0.15, -0.1) is 0 Å². The first-order valence-electron chi connectivity index (χ1n) is 6.60. The van der Waals surface area contributed by atoms with E-state index in [1.54, 1.807) is 17.0 Å². The number of hydrogen-bond donors (Lipinski definition) is 1. The van der Waals surface area contributed by atoms with Gasteiger partial charge in [0.2, 0.25) is 12.3 Å². The van der Waals surface area contributed by atoms with Gasteiger partial charge in [-0.25, -0.2) is 8.78 Å². The van der Waals surface area contributed by atoms with Crippen LogP contribution in [0.25, 0.3) is 0 Å². The lowest BCUT2D eigenvalue weighted by atomic mass is 9.99. The second-order valence-electron chi connectivity index (χ2n) is 5.03. The summed E-state index contributed by atoms with van der Waals surface area (Å²) in [6, 6.07) is 7.26. The van der Waals surface area contributed by atoms with Gasteiger partial charge in [-0.05, 0) is 43.7 Å². The minimum absolute atomic E-state index is 0.165. The third kappa shape index (κ3) is 4.52. The normalized spacial score (nSPS) is 20.1. The van der Waals surface area contributed by atoms with E-state index >= 15 is 0 Å². The van der Waals surface area contributed by atoms with Crippen molar-refractivity contribution in [2.75, 3.05) is 25.0 Å². The van der Waals surface area contributed by atoms with Crippen LogP contribution in [0.4, 0.5) is 14.5 Å². The topological polar surface area (TPSA) is 32.3 Å². The first-order valence-corrected chi connectivity index (χ1v) is 7.40. The molecule has 0 aromatic heterocycles. The van der Waals surface area contributed by atoms with E-state index in [9.17, 15) is 13.6 Å². The average Bonchev–Trinajstić information content (AvgIpc) is 2.41. The SMILES string of the molecule is O=C(CN1CCCC(C(F)F)C1)Nc1ccc(Br)cc1. The lowest BCUT2D eigenvalue weighted by Gasteiger charge is -2.31. The summed E-state index contributed by atoms with van der Waals surface area (Å²) in [5, 5.41) is 2.77. The summed E-state index contributed by atoms with van der Waals surface area (Å²) in [5.41, 5.74) is 0.709. The van der Waals surface area contributed by atoms with Crippen molar-refractivity contribution in [1.29, 1.82) is 0 Å². The van der Waals surface area contributed by atoms with Gasteiger partial charge in [-0.1, -0.05) is 15.9 Å². The molecule has 1 aromatic rings. The zero-order valence-electron chi connectivity index (χ0n) is 11.0. The molecule has 1 heterocycles. The highest BCUT2D eigenvalue weighted by atomic mass is 79.9. The van der Waals surface area contributed by atoms with Crippen molar-refractivity contribution < 1.29 is 13.6 Å². The van der Waals surface area contributed by atoms with E-state index in [0.29, 0.717) is 25.2 Å². The fourth-order valence-corrected chi connectivity index (χ4v) is 2.64. The van der Waals surface area contributed by atoms with Crippen LogP contribution in [0, 0.1) is 5.92 Å². The predicted octanol–water partition coefficient (Wildman–Crippen LogP) is 3.36. The van der Waals surface area contributed by atoms with E-state index < -0.39 is 12.3 Å². The van der Waals surface area contributed by atoms with Crippen LogP contribution in [-0.2, 0) is 4.79 Å². The van der Waals surface area contributed by atoms with Gasteiger partial charge < -0.3 is 5.32 Å². The highest BCUT2D eigenvalue weighted by Gasteiger charge is 2.27. The summed E-state index contributed by atoms with van der Waals surface area (Å²) in [6.45, 7) is 1.17. The molecule has 1 fully saturated rings. The number of carbonyl (C=O) groups excluding carboxylic acids is 1. The number of nitrogens with one attached hydrogen (secondary N) is 1. The fraction of sp³-hybridized carbons (Fsp3) is 0.500. The second kappa shape index (κ2) is 7.13. The number of hydrogen-bond acceptors (Lipinski definition) is 2. The third-order valence-corrected chi connectivity index (χ3v) is 3.92. The van der Waals surface area contributed by atoms with Crippen LogP contribution < -0.4 is 5.32 Å². The molecule has 1 atom stereocenters. The number of piperidine rings is 1. The summed E-state index contributed by atoms with van der Waals surface area (Å²) in [7, 11) is 0. The van der Waals surface area contributed by atoms with Crippen LogP contribution >= 0.6 is 15.9 Å². The molecule has 0 bridgehead atoms. The van der Waals surface area contributed by atoms with Crippen LogP contribution in [0.5, 0.6) is 0 Å². The minimum Gasteiger partial charge on any atom is -0.325 e. The summed E-state index contributed by atoms with van der Waals surface area (Å²) >= 11 is 3.32. The maximum Gasteiger partial charge on any atom is 0.242 e. The van der Waals surface area contributed by atoms with E-state index in [1.165, 1.54) is 0 Å². The Hall–Kier alpha value is -1.01. The summed E-state index contributed by atoms with van der Waals surface area (Å²) in [5.74, 6) is -0.772. The molecular weight excluding hydrogens is 330 g/mol. The first-order chi connectivity index (χ1) is 9.54. The maximum absolute atomic E-state index is 12.7. The average molecular weight is 347 g/mol. The molecule has 0 aliphatic carbocycles. The number of likely N-dealkylation sites (tertiary alicyclic amines) is 1. The molecule has 1 unspecified atom stereocenters. The van der Waals surface area contributed by atoms with Crippen molar-refractivity contribution in [2.24, 2.45) is 5.92 Å². The van der Waals surface area contributed by atoms with E-state index in [2.05, 4.69) is 21.2 Å². The van der Waals surface area contributed by atoms with E-state index in [0.717, 1.165) is 10.9 Å². The van der Waals surface area contributed by atoms with Crippen molar-refractivity contribution in [3.63, 3.8) is 0 Å². The van der Waals surface area contributed by atoms with Gasteiger partial charge in [0.15, 0.2) is 0 Å². The number of anilines is 1. The van der Waals surface area contributed by atoms with E-state index in [1.807, 2.05) is 12.1 Å². The van der Waals surface area contributed by atoms with Gasteiger partial charge in [-0.2, -0.15) is 0 Å². The highest BCUT2D eigenvalue weighted by Crippen LogP contribution is 2.22. The van der Waals surface area contributed by atoms with E-state index in [-0.39, 0.29) is 12.5 Å². The number of benzene rings is 1. The van der Waals surface area contributed by atoms with E-state index in [4.69, 9.17) is 0 Å². The minimum atomic E-state index is -2.30. The number of halogens is 3. The van der Waals surface area contributed by atoms with Gasteiger partial charge in [0.25, 0.3) is 0 Å². The van der Waals surface area contributed by atoms with Crippen molar-refractivity contribution >= 4 is 27.5 Å². The second-order valence-corrected chi connectivity index (χ2v) is 5.94. The van der Waals surface area contributed by atoms with Gasteiger partial charge in [0.05, 0.1) is 6.54 Å². The van der Waals surface area contributed by atoms with Gasteiger partial charge >= 0.3 is 0 Å². The number of rotatable bonds is 4. The summed E-state index contributed by atoms with van der Waals surface area (Å²) < 4.78 is 26.3. The largest absolute Gasteiger partial charge is 0.325 e. The first kappa shape index (κ1) is 15.4. The molecule has 1 aliphatic heterocycles. The van der Waals surface area contributed by atoms with Crippen LogP contribution in [0.2, 0.25) is 0 Å². The van der Waals surface area contributed by atoms with Crippen molar-refractivity contribution in [3.8, 4) is 0 Å². The van der Waals surface area contributed by atoms with Crippen LogP contribution in [-0.4, -0.2) is 36.9 Å². The molecular formula is C14H17BrF2N2O. The van der Waals surface area contributed by atoms with Crippen molar-refractivity contribution in [1.82, 2.24) is 4.90 Å². The molecule has 1 aliphatic rings. The maximum atomic E-state index is 12.7. The third-order valence-electron chi connectivity index (χ3n) is 3.39. The molecule has 2 rings (SSSR count). The Balaban J connectivity index is 1.83. The number of nitrogens with zero attached hydrogens (tertiary/aromatic N) is 1. The summed E-state index contributed by atoms with van der Waals surface area (Å²) in [4.78, 5) is 13.7. The van der Waals surface area contributed by atoms with Crippen LogP contribution in [0.15, 0.2) is 28.7 Å². The molecule has 20 heavy (non-hydrogen) atoms. The van der Waals surface area contributed by atoms with Crippen LogP contribution in [0.1, 0.15) is 12.8 Å². The fourth-order valence-electron chi connectivity index (χ4n) is 2.38. The number of amides is 1. The number of carbonyl (C=O) groups is 1. The predicted molar refractivity (Wildman–Crippen MR) is 77.9 cm³/mol. The smallest absolute Gasteiger partial charge is 0.242 e. The summed E-state index contributed by atoms with van der Waals surface area (Å²) in [6.07, 6.45) is -1.03. The lowest BCUT2D eigenvalue weighted by Crippen LogP contribution is -2.42. The van der Waals surface area contributed by atoms with Gasteiger partial charge in [0.1, 0.15) is 0 Å². The zero-order valence-corrected chi connectivity index (χ0v) is 12.6. The monoisotopic (exact) mass is 346 g/mol. The zero-order chi connectivity index (χ0) is 14.5. The molecule has 1 saturated heterocycles. The molecule has 1 N–H and O–H groups in total. The quantitative estimate of drug-likeness (QED) is 0.906. The molecule has 0 radical (unpaired) electrons. The van der Waals surface area contributed by atoms with Crippen LogP contribution in [0.3, 0.4) is 0 Å². The Labute approximate surface area is 125 Å². The Bertz CT molecular complexity index is 453. The molecule has 110 valence electrons. The molecule has 6 heteroatoms. The number of alkyl halides is 2. The van der Waals surface area contributed by atoms with Crippen molar-refractivity contribution in [2.45, 2.75) is 19.3 Å². The van der Waals surface area contributed by atoms with Crippen molar-refractivity contribution in [3.05, 3.63) is 28.7 Å². The molecule has 1 amide bonds. The Morgan fingerprint density at radius 1 is 1.40 bits per heavy atom. The Kier molecular flexibility index (Phi) is 5.48. The lowest BCUT2D eigenvalue weighted by molar-refractivity contribution is -0.118. The Morgan fingerprint density at radius 3 is 2.75 bits per heavy atom. The Morgan fingerprint density at radius 2 is 2.10 bits per heavy atom. The molecule has 0 spiro atoms. The molecule has 1 aromatic carbocycles. The highest BCUT2D eigenvalue weighted by molar-refractivity contribution is 9.10. The standard InChI is InChI=1S/C14H17BrF2N2O/c15-11-3-5-12(6-4-11)18-13(20)9-19-7-1-2-10(8-19)14(16)17/h3-6,10,14H,1-2,7-9H2,(H,18,20).